The number of carbonyl (C=O) groups excluding carboxylic acids is 1. The first-order chi connectivity index (χ1) is 9.72. The third-order valence-corrected chi connectivity index (χ3v) is 3.40. The number of methoxy groups -OCH3 is 2. The Morgan fingerprint density at radius 2 is 1.60 bits per heavy atom. The van der Waals surface area contributed by atoms with Gasteiger partial charge in [0.1, 0.15) is 17.6 Å². The maximum Gasteiger partial charge on any atom is 0.373 e. The number of hydrogen-bond acceptors (Lipinski definition) is 5. The molecule has 0 saturated heterocycles. The quantitative estimate of drug-likeness (QED) is 0.612. The van der Waals surface area contributed by atoms with Crippen molar-refractivity contribution in [3.05, 3.63) is 23.8 Å². The molecule has 1 aromatic carbocycles. The lowest BCUT2D eigenvalue weighted by atomic mass is 9.98. The van der Waals surface area contributed by atoms with Crippen molar-refractivity contribution >= 4 is 5.97 Å². The molecule has 0 unspecified atom stereocenters. The Morgan fingerprint density at radius 3 is 2.15 bits per heavy atom. The Bertz CT molecular complexity index is 429. The molecule has 0 bridgehead atoms. The zero-order valence-electron chi connectivity index (χ0n) is 11.9. The van der Waals surface area contributed by atoms with Crippen molar-refractivity contribution in [2.24, 2.45) is 0 Å². The van der Waals surface area contributed by atoms with Crippen LogP contribution >= 0.6 is 0 Å². The van der Waals surface area contributed by atoms with Gasteiger partial charge in [0.05, 0.1) is 19.8 Å². The molecule has 0 radical (unpaired) electrons. The van der Waals surface area contributed by atoms with Gasteiger partial charge in [-0.05, 0) is 25.0 Å². The third kappa shape index (κ3) is 3.87. The van der Waals surface area contributed by atoms with Gasteiger partial charge in [-0.15, -0.1) is 0 Å². The zero-order chi connectivity index (χ0) is 14.4. The van der Waals surface area contributed by atoms with Gasteiger partial charge in [0, 0.05) is 6.07 Å². The maximum absolute atomic E-state index is 12.0. The Hall–Kier alpha value is -1.75. The molecule has 5 heteroatoms. The monoisotopic (exact) mass is 280 g/mol. The SMILES string of the molecule is COc1cc(OC)cc(C(=O)OOC2CCCCC2)c1. The summed E-state index contributed by atoms with van der Waals surface area (Å²) in [4.78, 5) is 22.1. The second-order valence-corrected chi connectivity index (χ2v) is 4.83. The molecule has 1 aromatic rings. The second kappa shape index (κ2) is 7.14. The fourth-order valence-electron chi connectivity index (χ4n) is 2.25. The predicted molar refractivity (Wildman–Crippen MR) is 72.9 cm³/mol. The van der Waals surface area contributed by atoms with E-state index in [9.17, 15) is 4.79 Å². The van der Waals surface area contributed by atoms with Crippen molar-refractivity contribution in [3.63, 3.8) is 0 Å². The molecule has 0 amide bonds. The van der Waals surface area contributed by atoms with Gasteiger partial charge in [-0.1, -0.05) is 19.3 Å². The van der Waals surface area contributed by atoms with Crippen LogP contribution in [0.4, 0.5) is 0 Å². The van der Waals surface area contributed by atoms with Gasteiger partial charge in [-0.3, -0.25) is 4.89 Å². The van der Waals surface area contributed by atoms with E-state index in [1.54, 1.807) is 18.2 Å². The highest BCUT2D eigenvalue weighted by atomic mass is 17.2. The van der Waals surface area contributed by atoms with Crippen LogP contribution in [-0.2, 0) is 9.78 Å². The van der Waals surface area contributed by atoms with E-state index >= 15 is 0 Å². The lowest BCUT2D eigenvalue weighted by Crippen LogP contribution is -2.19. The van der Waals surface area contributed by atoms with Gasteiger partial charge in [0.25, 0.3) is 0 Å². The standard InChI is InChI=1S/C15H20O5/c1-17-13-8-11(9-14(10-13)18-2)15(16)20-19-12-6-4-3-5-7-12/h8-10,12H,3-7H2,1-2H3. The van der Waals surface area contributed by atoms with Crippen molar-refractivity contribution in [1.29, 1.82) is 0 Å². The van der Waals surface area contributed by atoms with Crippen LogP contribution in [-0.4, -0.2) is 26.3 Å². The lowest BCUT2D eigenvalue weighted by Gasteiger charge is -2.19. The summed E-state index contributed by atoms with van der Waals surface area (Å²) in [5.41, 5.74) is 0.344. The molecule has 0 aliphatic heterocycles. The minimum atomic E-state index is -0.534. The number of carbonyl (C=O) groups is 1. The molecule has 110 valence electrons. The minimum Gasteiger partial charge on any atom is -0.497 e. The molecule has 0 aromatic heterocycles. The van der Waals surface area contributed by atoms with Crippen LogP contribution < -0.4 is 9.47 Å². The first-order valence-electron chi connectivity index (χ1n) is 6.83. The van der Waals surface area contributed by atoms with Crippen LogP contribution in [0.5, 0.6) is 11.5 Å². The van der Waals surface area contributed by atoms with E-state index in [1.807, 2.05) is 0 Å². The van der Waals surface area contributed by atoms with E-state index in [0.717, 1.165) is 25.7 Å². The average molecular weight is 280 g/mol. The molecular weight excluding hydrogens is 260 g/mol. The third-order valence-electron chi connectivity index (χ3n) is 3.40. The molecular formula is C15H20O5. The molecule has 0 N–H and O–H groups in total. The highest BCUT2D eigenvalue weighted by Crippen LogP contribution is 2.24. The van der Waals surface area contributed by atoms with E-state index in [2.05, 4.69) is 0 Å². The second-order valence-electron chi connectivity index (χ2n) is 4.83. The molecule has 0 spiro atoms. The van der Waals surface area contributed by atoms with Crippen LogP contribution in [0.2, 0.25) is 0 Å². The van der Waals surface area contributed by atoms with Crippen LogP contribution in [0.1, 0.15) is 42.5 Å². The highest BCUT2D eigenvalue weighted by Gasteiger charge is 2.18. The van der Waals surface area contributed by atoms with E-state index in [4.69, 9.17) is 19.2 Å². The summed E-state index contributed by atoms with van der Waals surface area (Å²) in [6, 6.07) is 4.88. The summed E-state index contributed by atoms with van der Waals surface area (Å²) < 4.78 is 10.2. The first-order valence-corrected chi connectivity index (χ1v) is 6.83. The van der Waals surface area contributed by atoms with Crippen LogP contribution in [0.3, 0.4) is 0 Å². The Labute approximate surface area is 118 Å². The van der Waals surface area contributed by atoms with E-state index in [0.29, 0.717) is 17.1 Å². The minimum absolute atomic E-state index is 0.0141. The number of ether oxygens (including phenoxy) is 2. The van der Waals surface area contributed by atoms with Crippen molar-refractivity contribution in [1.82, 2.24) is 0 Å². The fraction of sp³-hybridized carbons (Fsp3) is 0.533. The largest absolute Gasteiger partial charge is 0.497 e. The number of rotatable bonds is 5. The summed E-state index contributed by atoms with van der Waals surface area (Å²) in [5.74, 6) is 0.538. The first kappa shape index (κ1) is 14.7. The highest BCUT2D eigenvalue weighted by molar-refractivity contribution is 5.90. The summed E-state index contributed by atoms with van der Waals surface area (Å²) >= 11 is 0. The molecule has 1 aliphatic carbocycles. The molecule has 20 heavy (non-hydrogen) atoms. The van der Waals surface area contributed by atoms with E-state index in [1.165, 1.54) is 20.6 Å². The summed E-state index contributed by atoms with van der Waals surface area (Å²) in [5, 5.41) is 0. The predicted octanol–water partition coefficient (Wildman–Crippen LogP) is 3.12. The van der Waals surface area contributed by atoms with Crippen molar-refractivity contribution in [2.75, 3.05) is 14.2 Å². The Balaban J connectivity index is 1.97. The smallest absolute Gasteiger partial charge is 0.373 e. The lowest BCUT2D eigenvalue weighted by molar-refractivity contribution is -0.279. The number of hydrogen-bond donors (Lipinski definition) is 0. The van der Waals surface area contributed by atoms with Crippen LogP contribution in [0.25, 0.3) is 0 Å². The van der Waals surface area contributed by atoms with Crippen molar-refractivity contribution in [2.45, 2.75) is 38.2 Å². The molecule has 1 fully saturated rings. The van der Waals surface area contributed by atoms with Crippen molar-refractivity contribution in [3.8, 4) is 11.5 Å². The number of benzene rings is 1. The van der Waals surface area contributed by atoms with Gasteiger partial charge in [0.2, 0.25) is 0 Å². The van der Waals surface area contributed by atoms with E-state index in [-0.39, 0.29) is 6.10 Å². The van der Waals surface area contributed by atoms with Gasteiger partial charge >= 0.3 is 5.97 Å². The Kier molecular flexibility index (Phi) is 5.24. The molecule has 0 atom stereocenters. The molecule has 5 nitrogen and oxygen atoms in total. The van der Waals surface area contributed by atoms with Crippen molar-refractivity contribution < 1.29 is 24.0 Å². The average Bonchev–Trinajstić information content (AvgIpc) is 2.52. The van der Waals surface area contributed by atoms with Gasteiger partial charge in [-0.25, -0.2) is 4.79 Å². The van der Waals surface area contributed by atoms with Crippen LogP contribution in [0, 0.1) is 0 Å². The molecule has 1 saturated carbocycles. The molecule has 0 heterocycles. The maximum atomic E-state index is 12.0. The summed E-state index contributed by atoms with van der Waals surface area (Å²) in [6.07, 6.45) is 5.36. The summed E-state index contributed by atoms with van der Waals surface area (Å²) in [6.45, 7) is 0. The van der Waals surface area contributed by atoms with Crippen LogP contribution in [0.15, 0.2) is 18.2 Å². The Morgan fingerprint density at radius 1 is 1.00 bits per heavy atom. The topological polar surface area (TPSA) is 54.0 Å². The molecule has 2 rings (SSSR count). The molecule has 1 aliphatic rings. The van der Waals surface area contributed by atoms with Gasteiger partial charge in [-0.2, -0.15) is 4.89 Å². The fourth-order valence-corrected chi connectivity index (χ4v) is 2.25. The van der Waals surface area contributed by atoms with Gasteiger partial charge < -0.3 is 9.47 Å². The van der Waals surface area contributed by atoms with Gasteiger partial charge in [0.15, 0.2) is 0 Å². The van der Waals surface area contributed by atoms with E-state index < -0.39 is 5.97 Å². The zero-order valence-corrected chi connectivity index (χ0v) is 11.9. The summed E-state index contributed by atoms with van der Waals surface area (Å²) in [7, 11) is 3.06. The normalized spacial score (nSPS) is 15.7.